The van der Waals surface area contributed by atoms with E-state index in [-0.39, 0.29) is 69.2 Å². The van der Waals surface area contributed by atoms with Crippen molar-refractivity contribution in [3.05, 3.63) is 69.5 Å². The summed E-state index contributed by atoms with van der Waals surface area (Å²) in [6.45, 7) is 38.6. The van der Waals surface area contributed by atoms with Gasteiger partial charge in [-0.2, -0.15) is 0 Å². The van der Waals surface area contributed by atoms with Crippen molar-refractivity contribution in [1.82, 2.24) is 4.90 Å². The van der Waals surface area contributed by atoms with Crippen LogP contribution in [0.3, 0.4) is 0 Å². The molecule has 1 fully saturated rings. The third-order valence-electron chi connectivity index (χ3n) is 13.6. The molecule has 1 heterocycles. The van der Waals surface area contributed by atoms with Crippen molar-refractivity contribution in [3.63, 3.8) is 0 Å². The molecule has 0 saturated carbocycles. The van der Waals surface area contributed by atoms with E-state index in [2.05, 4.69) is 147 Å². The number of nitrogens with zero attached hydrogens (tertiary/aromatic N) is 1. The fourth-order valence-electron chi connectivity index (χ4n) is 10.3. The van der Waals surface area contributed by atoms with Crippen LogP contribution < -0.4 is 0 Å². The molecule has 0 bridgehead atoms. The number of aromatic hydroxyl groups is 2. The molecule has 1 aliphatic carbocycles. The molecule has 0 radical (unpaired) electrons. The predicted molar refractivity (Wildman–Crippen MR) is 247 cm³/mol. The van der Waals surface area contributed by atoms with Crippen LogP contribution in [-0.4, -0.2) is 51.8 Å². The summed E-state index contributed by atoms with van der Waals surface area (Å²) in [5.41, 5.74) is 3.64. The molecule has 1 aliphatic heterocycles. The molecule has 7 heteroatoms. The van der Waals surface area contributed by atoms with Crippen LogP contribution in [0, 0.1) is 10.8 Å². The molecule has 7 nitrogen and oxygen atoms in total. The highest BCUT2D eigenvalue weighted by Gasteiger charge is 2.61. The number of phenols is 2. The van der Waals surface area contributed by atoms with Gasteiger partial charge in [0.15, 0.2) is 0 Å². The first-order chi connectivity index (χ1) is 27.3. The van der Waals surface area contributed by atoms with Gasteiger partial charge >= 0.3 is 11.9 Å². The first kappa shape index (κ1) is 49.3. The van der Waals surface area contributed by atoms with Gasteiger partial charge in [-0.1, -0.05) is 148 Å². The lowest BCUT2D eigenvalue weighted by Gasteiger charge is -2.64. The lowest BCUT2D eigenvalue weighted by Crippen LogP contribution is -2.69. The Bertz CT molecular complexity index is 1850. The van der Waals surface area contributed by atoms with Gasteiger partial charge in [0.05, 0.1) is 6.42 Å². The Kier molecular flexibility index (Phi) is 14.6. The number of piperidine rings is 1. The van der Waals surface area contributed by atoms with Gasteiger partial charge in [-0.05, 0) is 112 Å². The van der Waals surface area contributed by atoms with Crippen molar-refractivity contribution in [2.75, 3.05) is 13.1 Å². The number of benzene rings is 2. The van der Waals surface area contributed by atoms with Crippen molar-refractivity contribution in [1.29, 1.82) is 0 Å². The van der Waals surface area contributed by atoms with E-state index >= 15 is 0 Å². The van der Waals surface area contributed by atoms with E-state index in [0.29, 0.717) is 43.6 Å². The summed E-state index contributed by atoms with van der Waals surface area (Å²) >= 11 is 0. The fraction of sp³-hybridized carbons (Fsp3) is 0.698. The Morgan fingerprint density at radius 1 is 0.700 bits per heavy atom. The van der Waals surface area contributed by atoms with E-state index in [9.17, 15) is 19.8 Å². The zero-order valence-corrected chi connectivity index (χ0v) is 40.9. The molecular weight excluding hydrogens is 747 g/mol. The average molecular weight is 830 g/mol. The largest absolute Gasteiger partial charge is 0.507 e. The number of hydrogen-bond acceptors (Lipinski definition) is 7. The van der Waals surface area contributed by atoms with Crippen LogP contribution in [-0.2, 0) is 53.6 Å². The lowest BCUT2D eigenvalue weighted by molar-refractivity contribution is -0.164. The van der Waals surface area contributed by atoms with Crippen molar-refractivity contribution in [2.24, 2.45) is 10.8 Å². The average Bonchev–Trinajstić information content (AvgIpc) is 3.09. The monoisotopic (exact) mass is 830 g/mol. The second kappa shape index (κ2) is 17.8. The van der Waals surface area contributed by atoms with E-state index in [1.165, 1.54) is 6.42 Å². The molecule has 0 amide bonds. The van der Waals surface area contributed by atoms with Gasteiger partial charge < -0.3 is 19.7 Å². The molecule has 60 heavy (non-hydrogen) atoms. The summed E-state index contributed by atoms with van der Waals surface area (Å²) in [6, 6.07) is 8.27. The minimum atomic E-state index is -0.429. The predicted octanol–water partition coefficient (Wildman–Crippen LogP) is 12.7. The number of carbonyl (C=O) groups is 2. The summed E-state index contributed by atoms with van der Waals surface area (Å²) in [6.07, 6.45) is 8.62. The van der Waals surface area contributed by atoms with Crippen LogP contribution >= 0.6 is 0 Å². The number of allylic oxidation sites excluding steroid dienone is 1. The third-order valence-corrected chi connectivity index (χ3v) is 13.6. The van der Waals surface area contributed by atoms with E-state index < -0.39 is 5.41 Å². The molecule has 2 unspecified atom stereocenters. The molecule has 2 aromatic carbocycles. The maximum Gasteiger partial charge on any atom is 0.311 e. The Hall–Kier alpha value is -3.32. The minimum Gasteiger partial charge on any atom is -0.507 e. The van der Waals surface area contributed by atoms with Gasteiger partial charge in [0.25, 0.3) is 0 Å². The van der Waals surface area contributed by atoms with Gasteiger partial charge in [-0.15, -0.1) is 0 Å². The third kappa shape index (κ3) is 11.0. The second-order valence-electron chi connectivity index (χ2n) is 23.6. The molecular formula is C53H83NO6. The number of likely N-dealkylation sites (tertiary alicyclic amines) is 1. The molecule has 4 rings (SSSR count). The number of aryl methyl sites for hydroxylation is 2. The van der Waals surface area contributed by atoms with E-state index in [4.69, 9.17) is 9.47 Å². The van der Waals surface area contributed by atoms with Crippen molar-refractivity contribution in [2.45, 2.75) is 215 Å². The van der Waals surface area contributed by atoms with Gasteiger partial charge in [-0.25, -0.2) is 0 Å². The Balaban J connectivity index is 1.57. The zero-order chi connectivity index (χ0) is 45.4. The van der Waals surface area contributed by atoms with Crippen molar-refractivity contribution >= 4 is 11.9 Å². The highest BCUT2D eigenvalue weighted by atomic mass is 16.5. The summed E-state index contributed by atoms with van der Waals surface area (Å²) in [5.74, 6) is 0.800. The second-order valence-corrected chi connectivity index (χ2v) is 23.6. The number of rotatable bonds is 12. The van der Waals surface area contributed by atoms with Crippen LogP contribution in [0.5, 0.6) is 11.5 Å². The fourth-order valence-corrected chi connectivity index (χ4v) is 10.3. The first-order valence-corrected chi connectivity index (χ1v) is 22.9. The summed E-state index contributed by atoms with van der Waals surface area (Å²) in [5, 5.41) is 22.6. The van der Waals surface area contributed by atoms with E-state index in [1.807, 2.05) is 6.07 Å². The van der Waals surface area contributed by atoms with Gasteiger partial charge in [0.1, 0.15) is 23.4 Å². The molecule has 2 aliphatic rings. The Morgan fingerprint density at radius 3 is 1.70 bits per heavy atom. The number of esters is 2. The highest BCUT2D eigenvalue weighted by molar-refractivity contribution is 5.71. The number of hydrogen-bond donors (Lipinski definition) is 2. The quantitative estimate of drug-likeness (QED) is 0.206. The molecule has 2 atom stereocenters. The summed E-state index contributed by atoms with van der Waals surface area (Å²) < 4.78 is 12.7. The van der Waals surface area contributed by atoms with Crippen molar-refractivity contribution in [3.8, 4) is 11.5 Å². The van der Waals surface area contributed by atoms with Crippen LogP contribution in [0.25, 0.3) is 0 Å². The standard InChI is InChI=1S/C53H83NO6/c1-18-38(59-43(55)24-22-35-28-40(48(5,6)7)46(58)41(29-35)49(8,9)10)34-53(54-26-20-19-21-27-54)51(14,15)32-39(33-52(53,16)17)60-44(56)25-23-36-30-37(47(2,3)4)31-42(45(36)57)50(11,12)13/h28-32,38,57-58H,18-27,33-34H2,1-17H3. The lowest BCUT2D eigenvalue weighted by atomic mass is 9.51. The van der Waals surface area contributed by atoms with Crippen LogP contribution in [0.15, 0.2) is 36.1 Å². The van der Waals surface area contributed by atoms with Crippen LogP contribution in [0.2, 0.25) is 0 Å². The minimum absolute atomic E-state index is 0.107. The number of ether oxygens (including phenoxy) is 2. The smallest absolute Gasteiger partial charge is 0.311 e. The normalized spacial score (nSPS) is 20.6. The molecule has 0 spiro atoms. The summed E-state index contributed by atoms with van der Waals surface area (Å²) in [7, 11) is 0. The van der Waals surface area contributed by atoms with Gasteiger partial charge in [0, 0.05) is 30.2 Å². The van der Waals surface area contributed by atoms with Gasteiger partial charge in [0.2, 0.25) is 0 Å². The highest BCUT2D eigenvalue weighted by Crippen LogP contribution is 2.59. The zero-order valence-electron chi connectivity index (χ0n) is 40.9. The van der Waals surface area contributed by atoms with Crippen LogP contribution in [0.4, 0.5) is 0 Å². The topological polar surface area (TPSA) is 96.3 Å². The van der Waals surface area contributed by atoms with Crippen LogP contribution in [0.1, 0.15) is 202 Å². The molecule has 0 aromatic heterocycles. The molecule has 1 saturated heterocycles. The van der Waals surface area contributed by atoms with E-state index in [0.717, 1.165) is 59.3 Å². The summed E-state index contributed by atoms with van der Waals surface area (Å²) in [4.78, 5) is 30.1. The Labute approximate surface area is 365 Å². The maximum absolute atomic E-state index is 13.8. The maximum atomic E-state index is 13.8. The molecule has 336 valence electrons. The number of phenolic OH excluding ortho intramolecular Hbond substituents is 2. The molecule has 2 N–H and O–H groups in total. The first-order valence-electron chi connectivity index (χ1n) is 22.9. The SMILES string of the molecule is CCC(CC1(N2CCCCC2)C(C)(C)C=C(OC(=O)CCc2cc(C(C)(C)C)cc(C(C)(C)C)c2O)CC1(C)C)OC(=O)CCc1cc(C(C)(C)C)c(O)c(C(C)(C)C)c1. The van der Waals surface area contributed by atoms with Gasteiger partial charge in [-0.3, -0.25) is 14.5 Å². The molecule has 2 aromatic rings. The number of carbonyl (C=O) groups excluding carboxylic acids is 2. The van der Waals surface area contributed by atoms with Crippen molar-refractivity contribution < 1.29 is 29.3 Å². The van der Waals surface area contributed by atoms with E-state index in [1.54, 1.807) is 0 Å². The Morgan fingerprint density at radius 2 is 1.22 bits per heavy atom.